The molecule has 0 fully saturated rings. The van der Waals surface area contributed by atoms with Crippen LogP contribution in [-0.2, 0) is 0 Å². The van der Waals surface area contributed by atoms with Crippen LogP contribution in [0.2, 0.25) is 0 Å². The molecule has 1 atom stereocenters. The number of carbonyl (C=O) groups is 1. The van der Waals surface area contributed by atoms with E-state index in [1.807, 2.05) is 39.0 Å². The summed E-state index contributed by atoms with van der Waals surface area (Å²) in [4.78, 5) is 14.5. The van der Waals surface area contributed by atoms with Crippen molar-refractivity contribution in [2.75, 3.05) is 7.05 Å². The maximum absolute atomic E-state index is 12.3. The van der Waals surface area contributed by atoms with Gasteiger partial charge in [0.1, 0.15) is 0 Å². The van der Waals surface area contributed by atoms with Gasteiger partial charge >= 0.3 is 0 Å². The monoisotopic (exact) mass is 264 g/mol. The second kappa shape index (κ2) is 5.96. The SMILES string of the molecule is Cc1ccc(C(=O)N(C)C(C)CC(N)=S)c(C)c1. The van der Waals surface area contributed by atoms with Gasteiger partial charge in [0.05, 0.1) is 4.99 Å². The lowest BCUT2D eigenvalue weighted by Gasteiger charge is -2.25. The Balaban J connectivity index is 2.89. The smallest absolute Gasteiger partial charge is 0.254 e. The molecule has 18 heavy (non-hydrogen) atoms. The maximum Gasteiger partial charge on any atom is 0.254 e. The summed E-state index contributed by atoms with van der Waals surface area (Å²) in [7, 11) is 1.78. The van der Waals surface area contributed by atoms with E-state index in [4.69, 9.17) is 18.0 Å². The highest BCUT2D eigenvalue weighted by atomic mass is 32.1. The maximum atomic E-state index is 12.3. The Bertz CT molecular complexity index is 471. The minimum atomic E-state index is 0.00991. The Hall–Kier alpha value is -1.42. The number of hydrogen-bond donors (Lipinski definition) is 1. The van der Waals surface area contributed by atoms with E-state index >= 15 is 0 Å². The van der Waals surface area contributed by atoms with E-state index in [9.17, 15) is 4.79 Å². The van der Waals surface area contributed by atoms with Crippen molar-refractivity contribution in [1.82, 2.24) is 4.90 Å². The van der Waals surface area contributed by atoms with Crippen molar-refractivity contribution in [1.29, 1.82) is 0 Å². The Morgan fingerprint density at radius 2 is 2.06 bits per heavy atom. The second-order valence-corrected chi connectivity index (χ2v) is 5.28. The molecule has 0 radical (unpaired) electrons. The fourth-order valence-corrected chi connectivity index (χ4v) is 2.11. The van der Waals surface area contributed by atoms with Gasteiger partial charge in [0.25, 0.3) is 5.91 Å². The van der Waals surface area contributed by atoms with Gasteiger partial charge in [0, 0.05) is 25.1 Å². The summed E-state index contributed by atoms with van der Waals surface area (Å²) in [6, 6.07) is 5.85. The number of hydrogen-bond acceptors (Lipinski definition) is 2. The zero-order valence-electron chi connectivity index (χ0n) is 11.4. The van der Waals surface area contributed by atoms with Gasteiger partial charge in [0.2, 0.25) is 0 Å². The Kier molecular flexibility index (Phi) is 4.84. The lowest BCUT2D eigenvalue weighted by atomic mass is 10.0. The first kappa shape index (κ1) is 14.6. The van der Waals surface area contributed by atoms with Crippen LogP contribution in [0.4, 0.5) is 0 Å². The molecule has 0 aliphatic rings. The zero-order valence-corrected chi connectivity index (χ0v) is 12.2. The summed E-state index contributed by atoms with van der Waals surface area (Å²) >= 11 is 4.88. The highest BCUT2D eigenvalue weighted by Gasteiger charge is 2.19. The summed E-state index contributed by atoms with van der Waals surface area (Å²) in [6.45, 7) is 5.91. The molecule has 0 aromatic heterocycles. The molecule has 1 unspecified atom stereocenters. The van der Waals surface area contributed by atoms with E-state index in [1.165, 1.54) is 0 Å². The topological polar surface area (TPSA) is 46.3 Å². The molecule has 0 saturated carbocycles. The predicted molar refractivity (Wildman–Crippen MR) is 78.9 cm³/mol. The second-order valence-electron chi connectivity index (χ2n) is 4.75. The number of nitrogens with two attached hydrogens (primary N) is 1. The molecule has 1 aromatic carbocycles. The van der Waals surface area contributed by atoms with Crippen molar-refractivity contribution in [2.24, 2.45) is 5.73 Å². The minimum Gasteiger partial charge on any atom is -0.393 e. The summed E-state index contributed by atoms with van der Waals surface area (Å²) in [5.41, 5.74) is 8.40. The van der Waals surface area contributed by atoms with Crippen LogP contribution in [0.3, 0.4) is 0 Å². The molecule has 0 bridgehead atoms. The first-order valence-corrected chi connectivity index (χ1v) is 6.36. The Morgan fingerprint density at radius 3 is 2.56 bits per heavy atom. The van der Waals surface area contributed by atoms with Gasteiger partial charge in [-0.2, -0.15) is 0 Å². The van der Waals surface area contributed by atoms with Crippen molar-refractivity contribution < 1.29 is 4.79 Å². The number of aryl methyl sites for hydroxylation is 2. The van der Waals surface area contributed by atoms with Gasteiger partial charge in [-0.15, -0.1) is 0 Å². The third kappa shape index (κ3) is 3.53. The summed E-state index contributed by atoms with van der Waals surface area (Å²) in [6.07, 6.45) is 0.544. The number of carbonyl (C=O) groups excluding carboxylic acids is 1. The van der Waals surface area contributed by atoms with Crippen LogP contribution in [-0.4, -0.2) is 28.9 Å². The lowest BCUT2D eigenvalue weighted by Crippen LogP contribution is -2.37. The molecule has 0 heterocycles. The number of amides is 1. The molecule has 0 saturated heterocycles. The average molecular weight is 264 g/mol. The molecule has 1 aromatic rings. The number of rotatable bonds is 4. The molecule has 2 N–H and O–H groups in total. The molecule has 0 aliphatic carbocycles. The zero-order chi connectivity index (χ0) is 13.9. The summed E-state index contributed by atoms with van der Waals surface area (Å²) in [5.74, 6) is 0.0104. The first-order valence-electron chi connectivity index (χ1n) is 5.95. The molecular formula is C14H20N2OS. The third-order valence-corrected chi connectivity index (χ3v) is 3.26. The standard InChI is InChI=1S/C14H20N2OS/c1-9-5-6-12(10(2)7-9)14(17)16(4)11(3)8-13(15)18/h5-7,11H,8H2,1-4H3,(H2,15,18). The van der Waals surface area contributed by atoms with E-state index in [1.54, 1.807) is 11.9 Å². The number of thiocarbonyl (C=S) groups is 1. The Labute approximate surface area is 114 Å². The van der Waals surface area contributed by atoms with Crippen molar-refractivity contribution in [2.45, 2.75) is 33.2 Å². The molecule has 3 nitrogen and oxygen atoms in total. The van der Waals surface area contributed by atoms with Crippen LogP contribution in [0.1, 0.15) is 34.8 Å². The molecule has 0 spiro atoms. The summed E-state index contributed by atoms with van der Waals surface area (Å²) < 4.78 is 0. The quantitative estimate of drug-likeness (QED) is 0.850. The fraction of sp³-hybridized carbons (Fsp3) is 0.429. The average Bonchev–Trinajstić information content (AvgIpc) is 2.26. The van der Waals surface area contributed by atoms with Gasteiger partial charge in [0.15, 0.2) is 0 Å². The van der Waals surface area contributed by atoms with Crippen LogP contribution in [0.25, 0.3) is 0 Å². The van der Waals surface area contributed by atoms with Crippen LogP contribution in [0, 0.1) is 13.8 Å². The van der Waals surface area contributed by atoms with E-state index in [-0.39, 0.29) is 11.9 Å². The van der Waals surface area contributed by atoms with Crippen LogP contribution < -0.4 is 5.73 Å². The fourth-order valence-electron chi connectivity index (χ4n) is 1.87. The first-order chi connectivity index (χ1) is 8.32. The molecular weight excluding hydrogens is 244 g/mol. The molecule has 98 valence electrons. The largest absolute Gasteiger partial charge is 0.393 e. The highest BCUT2D eigenvalue weighted by molar-refractivity contribution is 7.80. The number of nitrogens with zero attached hydrogens (tertiary/aromatic N) is 1. The molecule has 1 amide bonds. The van der Waals surface area contributed by atoms with E-state index in [0.717, 1.165) is 16.7 Å². The van der Waals surface area contributed by atoms with Crippen molar-refractivity contribution in [3.8, 4) is 0 Å². The van der Waals surface area contributed by atoms with Crippen molar-refractivity contribution >= 4 is 23.1 Å². The predicted octanol–water partition coefficient (Wildman–Crippen LogP) is 2.44. The third-order valence-electron chi connectivity index (χ3n) is 3.09. The van der Waals surface area contributed by atoms with Crippen LogP contribution in [0.5, 0.6) is 0 Å². The molecule has 1 rings (SSSR count). The molecule has 4 heteroatoms. The van der Waals surface area contributed by atoms with Gasteiger partial charge in [-0.05, 0) is 32.4 Å². The van der Waals surface area contributed by atoms with Crippen LogP contribution in [0.15, 0.2) is 18.2 Å². The molecule has 0 aliphatic heterocycles. The van der Waals surface area contributed by atoms with Gasteiger partial charge in [-0.3, -0.25) is 4.79 Å². The van der Waals surface area contributed by atoms with E-state index in [2.05, 4.69) is 0 Å². The van der Waals surface area contributed by atoms with Gasteiger partial charge < -0.3 is 10.6 Å². The van der Waals surface area contributed by atoms with Crippen molar-refractivity contribution in [3.05, 3.63) is 34.9 Å². The summed E-state index contributed by atoms with van der Waals surface area (Å²) in [5, 5.41) is 0. The van der Waals surface area contributed by atoms with Crippen molar-refractivity contribution in [3.63, 3.8) is 0 Å². The number of benzene rings is 1. The van der Waals surface area contributed by atoms with Gasteiger partial charge in [-0.1, -0.05) is 29.9 Å². The van der Waals surface area contributed by atoms with E-state index in [0.29, 0.717) is 11.4 Å². The Morgan fingerprint density at radius 1 is 1.44 bits per heavy atom. The van der Waals surface area contributed by atoms with Crippen LogP contribution >= 0.6 is 12.2 Å². The van der Waals surface area contributed by atoms with Gasteiger partial charge in [-0.25, -0.2) is 0 Å². The normalized spacial score (nSPS) is 12.0. The van der Waals surface area contributed by atoms with E-state index < -0.39 is 0 Å². The highest BCUT2D eigenvalue weighted by Crippen LogP contribution is 2.14. The minimum absolute atomic E-state index is 0.00991. The lowest BCUT2D eigenvalue weighted by molar-refractivity contribution is 0.0747.